The van der Waals surface area contributed by atoms with E-state index in [9.17, 15) is 4.79 Å². The summed E-state index contributed by atoms with van der Waals surface area (Å²) in [6.07, 6.45) is 0. The summed E-state index contributed by atoms with van der Waals surface area (Å²) in [7, 11) is 1.36. The predicted molar refractivity (Wildman–Crippen MR) is 82.7 cm³/mol. The highest BCUT2D eigenvalue weighted by Gasteiger charge is 2.34. The van der Waals surface area contributed by atoms with Crippen LogP contribution in [0.15, 0.2) is 35.5 Å². The van der Waals surface area contributed by atoms with Crippen molar-refractivity contribution in [1.82, 2.24) is 14.8 Å². The zero-order chi connectivity index (χ0) is 15.9. The molecule has 6 nitrogen and oxygen atoms in total. The van der Waals surface area contributed by atoms with Gasteiger partial charge in [-0.25, -0.2) is 9.48 Å². The van der Waals surface area contributed by atoms with Crippen molar-refractivity contribution in [3.63, 3.8) is 0 Å². The Bertz CT molecular complexity index is 764. The zero-order valence-corrected chi connectivity index (χ0v) is 13.2. The van der Waals surface area contributed by atoms with Crippen molar-refractivity contribution in [2.24, 2.45) is 0 Å². The molecule has 1 N–H and O–H groups in total. The van der Waals surface area contributed by atoms with Crippen molar-refractivity contribution < 1.29 is 9.53 Å². The van der Waals surface area contributed by atoms with Crippen LogP contribution in [0.25, 0.3) is 0 Å². The summed E-state index contributed by atoms with van der Waals surface area (Å²) >= 11 is 5.96. The summed E-state index contributed by atoms with van der Waals surface area (Å²) < 4.78 is 6.63. The maximum atomic E-state index is 12.2. The second-order valence-electron chi connectivity index (χ2n) is 5.04. The Balaban J connectivity index is 2.19. The number of allylic oxidation sites excluding steroid dienone is 1. The van der Waals surface area contributed by atoms with E-state index >= 15 is 0 Å². The first-order chi connectivity index (χ1) is 10.5. The van der Waals surface area contributed by atoms with Crippen molar-refractivity contribution in [1.29, 1.82) is 0 Å². The number of carbonyl (C=O) groups excluding carboxylic acids is 1. The van der Waals surface area contributed by atoms with Gasteiger partial charge in [-0.3, -0.25) is 0 Å². The number of esters is 1. The number of methoxy groups -OCH3 is 1. The quantitative estimate of drug-likeness (QED) is 0.862. The molecule has 114 valence electrons. The topological polar surface area (TPSA) is 69.0 Å². The molecule has 0 fully saturated rings. The highest BCUT2D eigenvalue weighted by Crippen LogP contribution is 2.35. The first-order valence-electron chi connectivity index (χ1n) is 6.76. The third-order valence-electron chi connectivity index (χ3n) is 3.55. The SMILES string of the molecule is COC(=O)C1=C(C)Nc2nc(C)nn2[C@H]1c1ccc(Cl)cc1. The van der Waals surface area contributed by atoms with Gasteiger partial charge in [0.05, 0.1) is 12.7 Å². The van der Waals surface area contributed by atoms with E-state index < -0.39 is 12.0 Å². The minimum Gasteiger partial charge on any atom is -0.466 e. The number of ether oxygens (including phenoxy) is 1. The van der Waals surface area contributed by atoms with Gasteiger partial charge in [0.25, 0.3) is 0 Å². The van der Waals surface area contributed by atoms with Gasteiger partial charge in [0.15, 0.2) is 0 Å². The van der Waals surface area contributed by atoms with Crippen LogP contribution in [0.5, 0.6) is 0 Å². The van der Waals surface area contributed by atoms with Crippen LogP contribution in [-0.2, 0) is 9.53 Å². The number of hydrogen-bond donors (Lipinski definition) is 1. The van der Waals surface area contributed by atoms with Crippen LogP contribution in [0.1, 0.15) is 24.4 Å². The molecule has 0 unspecified atom stereocenters. The number of aromatic nitrogens is 3. The number of rotatable bonds is 2. The molecule has 2 aromatic rings. The Morgan fingerprint density at radius 2 is 2.00 bits per heavy atom. The van der Waals surface area contributed by atoms with E-state index in [1.54, 1.807) is 23.7 Å². The predicted octanol–water partition coefficient (Wildman–Crippen LogP) is 2.70. The largest absolute Gasteiger partial charge is 0.466 e. The number of hydrogen-bond acceptors (Lipinski definition) is 5. The summed E-state index contributed by atoms with van der Waals surface area (Å²) in [4.78, 5) is 16.6. The second kappa shape index (κ2) is 5.46. The Hall–Kier alpha value is -2.34. The molecule has 0 saturated carbocycles. The van der Waals surface area contributed by atoms with E-state index in [1.807, 2.05) is 19.1 Å². The van der Waals surface area contributed by atoms with Crippen LogP contribution in [0.2, 0.25) is 5.02 Å². The van der Waals surface area contributed by atoms with Gasteiger partial charge in [-0.15, -0.1) is 0 Å². The second-order valence-corrected chi connectivity index (χ2v) is 5.47. The number of nitrogens with one attached hydrogen (secondary N) is 1. The lowest BCUT2D eigenvalue weighted by atomic mass is 9.96. The third-order valence-corrected chi connectivity index (χ3v) is 3.80. The summed E-state index contributed by atoms with van der Waals surface area (Å²) in [6, 6.07) is 6.91. The van der Waals surface area contributed by atoms with Crippen molar-refractivity contribution in [2.75, 3.05) is 12.4 Å². The number of aryl methyl sites for hydroxylation is 1. The fourth-order valence-electron chi connectivity index (χ4n) is 2.59. The van der Waals surface area contributed by atoms with Crippen LogP contribution in [0.4, 0.5) is 5.95 Å². The lowest BCUT2D eigenvalue weighted by Gasteiger charge is -2.27. The minimum absolute atomic E-state index is 0.399. The number of fused-ring (bicyclic) bond motifs is 1. The highest BCUT2D eigenvalue weighted by atomic mass is 35.5. The van der Waals surface area contributed by atoms with E-state index in [1.165, 1.54) is 7.11 Å². The van der Waals surface area contributed by atoms with Gasteiger partial charge in [0.1, 0.15) is 11.9 Å². The molecule has 1 aromatic heterocycles. The zero-order valence-electron chi connectivity index (χ0n) is 12.4. The van der Waals surface area contributed by atoms with Crippen molar-refractivity contribution in [3.8, 4) is 0 Å². The third kappa shape index (κ3) is 2.35. The summed E-state index contributed by atoms with van der Waals surface area (Å²) in [5.41, 5.74) is 2.09. The lowest BCUT2D eigenvalue weighted by Crippen LogP contribution is -2.29. The Morgan fingerprint density at radius 1 is 1.32 bits per heavy atom. The fourth-order valence-corrected chi connectivity index (χ4v) is 2.71. The maximum absolute atomic E-state index is 12.2. The number of carbonyl (C=O) groups is 1. The average Bonchev–Trinajstić information content (AvgIpc) is 2.86. The summed E-state index contributed by atoms with van der Waals surface area (Å²) in [6.45, 7) is 3.63. The van der Waals surface area contributed by atoms with Gasteiger partial charge in [-0.05, 0) is 31.5 Å². The fraction of sp³-hybridized carbons (Fsp3) is 0.267. The number of nitrogens with zero attached hydrogens (tertiary/aromatic N) is 3. The lowest BCUT2D eigenvalue weighted by molar-refractivity contribution is -0.136. The summed E-state index contributed by atoms with van der Waals surface area (Å²) in [5.74, 6) is 0.826. The first kappa shape index (κ1) is 14.6. The molecule has 0 saturated heterocycles. The Labute approximate surface area is 132 Å². The van der Waals surface area contributed by atoms with Crippen molar-refractivity contribution in [3.05, 3.63) is 51.9 Å². The van der Waals surface area contributed by atoms with Crippen molar-refractivity contribution in [2.45, 2.75) is 19.9 Å². The van der Waals surface area contributed by atoms with E-state index in [-0.39, 0.29) is 0 Å². The molecule has 22 heavy (non-hydrogen) atoms. The van der Waals surface area contributed by atoms with E-state index in [0.29, 0.717) is 28.1 Å². The molecule has 1 aromatic carbocycles. The molecule has 1 aliphatic rings. The summed E-state index contributed by atoms with van der Waals surface area (Å²) in [5, 5.41) is 8.13. The molecule has 2 heterocycles. The van der Waals surface area contributed by atoms with E-state index in [0.717, 1.165) is 5.56 Å². The molecule has 1 atom stereocenters. The van der Waals surface area contributed by atoms with Gasteiger partial charge in [-0.2, -0.15) is 10.1 Å². The van der Waals surface area contributed by atoms with Crippen LogP contribution >= 0.6 is 11.6 Å². The maximum Gasteiger partial charge on any atom is 0.338 e. The Morgan fingerprint density at radius 3 is 2.64 bits per heavy atom. The van der Waals surface area contributed by atoms with Crippen LogP contribution in [0, 0.1) is 6.92 Å². The molecule has 0 radical (unpaired) electrons. The van der Waals surface area contributed by atoms with Crippen LogP contribution in [0.3, 0.4) is 0 Å². The van der Waals surface area contributed by atoms with E-state index in [4.69, 9.17) is 16.3 Å². The molecule has 7 heteroatoms. The standard InChI is InChI=1S/C15H15ClN4O2/c1-8-12(14(21)22-3)13(10-4-6-11(16)7-5-10)20-15(17-8)18-9(2)19-20/h4-7,13H,1-3H3,(H,17,18,19)/t13-/m0/s1. The van der Waals surface area contributed by atoms with Crippen LogP contribution in [-0.4, -0.2) is 27.8 Å². The molecule has 0 bridgehead atoms. The highest BCUT2D eigenvalue weighted by molar-refractivity contribution is 6.30. The van der Waals surface area contributed by atoms with Crippen molar-refractivity contribution >= 4 is 23.5 Å². The Kier molecular flexibility index (Phi) is 3.62. The number of halogens is 1. The molecule has 1 aliphatic heterocycles. The van der Waals surface area contributed by atoms with Gasteiger partial charge in [0, 0.05) is 10.7 Å². The van der Waals surface area contributed by atoms with Gasteiger partial charge >= 0.3 is 5.97 Å². The number of anilines is 1. The average molecular weight is 319 g/mol. The van der Waals surface area contributed by atoms with Gasteiger partial charge in [-0.1, -0.05) is 23.7 Å². The molecule has 3 rings (SSSR count). The molecular formula is C15H15ClN4O2. The number of benzene rings is 1. The van der Waals surface area contributed by atoms with Gasteiger partial charge in [0.2, 0.25) is 5.95 Å². The molecule has 0 amide bonds. The normalized spacial score (nSPS) is 17.0. The monoisotopic (exact) mass is 318 g/mol. The minimum atomic E-state index is -0.401. The molecular weight excluding hydrogens is 304 g/mol. The van der Waals surface area contributed by atoms with Gasteiger partial charge < -0.3 is 10.1 Å². The molecule has 0 spiro atoms. The van der Waals surface area contributed by atoms with E-state index in [2.05, 4.69) is 15.4 Å². The molecule has 0 aliphatic carbocycles. The first-order valence-corrected chi connectivity index (χ1v) is 7.13. The van der Waals surface area contributed by atoms with Crippen LogP contribution < -0.4 is 5.32 Å². The smallest absolute Gasteiger partial charge is 0.338 e.